The van der Waals surface area contributed by atoms with Crippen molar-refractivity contribution >= 4 is 14.9 Å². The van der Waals surface area contributed by atoms with Crippen LogP contribution in [-0.2, 0) is 15.4 Å². The maximum absolute atomic E-state index is 13.3. The maximum Gasteiger partial charge on any atom is 0.417 e. The van der Waals surface area contributed by atoms with Crippen LogP contribution < -0.4 is 5.43 Å². The average Bonchev–Trinajstić information content (AvgIpc) is 2.75. The molecule has 0 radical (unpaired) electrons. The number of sulfone groups is 1. The van der Waals surface area contributed by atoms with E-state index in [4.69, 9.17) is 0 Å². The maximum atomic E-state index is 13.3. The Morgan fingerprint density at radius 2 is 1.84 bits per heavy atom. The molecule has 19 heavy (non-hydrogen) atoms. The molecule has 1 unspecified atom stereocenters. The second-order valence-corrected chi connectivity index (χ2v) is 6.35. The van der Waals surface area contributed by atoms with Crippen molar-refractivity contribution in [2.24, 2.45) is 5.10 Å². The molecule has 0 aliphatic carbocycles. The Hall–Kier alpha value is -1.57. The van der Waals surface area contributed by atoms with E-state index in [2.05, 4.69) is 5.10 Å². The molecule has 0 aromatic heterocycles. The Balaban J connectivity index is 2.49. The minimum atomic E-state index is -4.66. The normalized spacial score (nSPS) is 23.9. The lowest BCUT2D eigenvalue weighted by molar-refractivity contribution is -0.196. The predicted octanol–water partition coefficient (Wildman–Crippen LogP) is 1.80. The summed E-state index contributed by atoms with van der Waals surface area (Å²) in [6.07, 6.45) is -4.56. The third kappa shape index (κ3) is 2.32. The van der Waals surface area contributed by atoms with E-state index < -0.39 is 33.0 Å². The summed E-state index contributed by atoms with van der Waals surface area (Å²) in [4.78, 5) is 0. The van der Waals surface area contributed by atoms with Crippen LogP contribution in [0.4, 0.5) is 13.2 Å². The second-order valence-electron chi connectivity index (χ2n) is 4.34. The van der Waals surface area contributed by atoms with Crippen LogP contribution in [0.1, 0.15) is 12.0 Å². The van der Waals surface area contributed by atoms with Gasteiger partial charge in [0.05, 0.1) is 0 Å². The molecule has 1 atom stereocenters. The van der Waals surface area contributed by atoms with Gasteiger partial charge in [0.2, 0.25) is 0 Å². The molecule has 0 bridgehead atoms. The van der Waals surface area contributed by atoms with Gasteiger partial charge in [-0.1, -0.05) is 30.3 Å². The molecule has 0 saturated carbocycles. The van der Waals surface area contributed by atoms with E-state index in [9.17, 15) is 21.6 Å². The molecule has 1 aromatic rings. The fraction of sp³-hybridized carbons (Fsp3) is 0.364. The Kier molecular flexibility index (Phi) is 3.08. The molecule has 0 amide bonds. The minimum Gasteiger partial charge on any atom is -0.289 e. The van der Waals surface area contributed by atoms with E-state index in [0.29, 0.717) is 0 Å². The molecule has 1 aromatic carbocycles. The molecule has 1 aliphatic rings. The third-order valence-electron chi connectivity index (χ3n) is 2.97. The van der Waals surface area contributed by atoms with E-state index >= 15 is 0 Å². The quantitative estimate of drug-likeness (QED) is 0.858. The minimum absolute atomic E-state index is 0.0649. The number of alkyl halides is 3. The number of halogens is 3. The fourth-order valence-corrected chi connectivity index (χ4v) is 2.58. The molecular formula is C11H11F3N2O2S. The van der Waals surface area contributed by atoms with Gasteiger partial charge in [0.15, 0.2) is 20.4 Å². The van der Waals surface area contributed by atoms with Gasteiger partial charge >= 0.3 is 6.18 Å². The first-order valence-electron chi connectivity index (χ1n) is 5.33. The molecule has 0 fully saturated rings. The molecule has 1 heterocycles. The topological polar surface area (TPSA) is 58.5 Å². The molecule has 0 spiro atoms. The number of benzene rings is 1. The molecule has 8 heteroatoms. The highest BCUT2D eigenvalue weighted by Crippen LogP contribution is 2.44. The number of hydrazone groups is 1. The zero-order chi connectivity index (χ0) is 14.3. The second kappa shape index (κ2) is 4.22. The van der Waals surface area contributed by atoms with Crippen molar-refractivity contribution in [2.75, 3.05) is 6.26 Å². The van der Waals surface area contributed by atoms with Gasteiger partial charge in [-0.2, -0.15) is 18.3 Å². The lowest BCUT2D eigenvalue weighted by atomic mass is 9.87. The molecule has 1 aliphatic heterocycles. The van der Waals surface area contributed by atoms with Crippen molar-refractivity contribution in [1.29, 1.82) is 0 Å². The summed E-state index contributed by atoms with van der Waals surface area (Å²) in [6.45, 7) is 0. The van der Waals surface area contributed by atoms with Gasteiger partial charge in [0, 0.05) is 12.7 Å². The van der Waals surface area contributed by atoms with Crippen LogP contribution in [0.5, 0.6) is 0 Å². The summed E-state index contributed by atoms with van der Waals surface area (Å²) in [5, 5.41) is 2.87. The van der Waals surface area contributed by atoms with E-state index in [1.54, 1.807) is 6.07 Å². The van der Waals surface area contributed by atoms with E-state index in [1.165, 1.54) is 24.3 Å². The van der Waals surface area contributed by atoms with Crippen LogP contribution >= 0.6 is 0 Å². The molecule has 4 nitrogen and oxygen atoms in total. The van der Waals surface area contributed by atoms with Crippen LogP contribution in [0.3, 0.4) is 0 Å². The predicted molar refractivity (Wildman–Crippen MR) is 64.2 cm³/mol. The molecule has 2 rings (SSSR count). The highest BCUT2D eigenvalue weighted by molar-refractivity contribution is 8.05. The standard InChI is InChI=1S/C11H11F3N2O2S/c1-19(17,18)9-7-10(16-15-9,11(12,13)14)8-5-3-2-4-6-8/h2-6,16H,7H2,1H3. The first kappa shape index (κ1) is 13.9. The van der Waals surface area contributed by atoms with Crippen molar-refractivity contribution in [3.05, 3.63) is 35.9 Å². The largest absolute Gasteiger partial charge is 0.417 e. The van der Waals surface area contributed by atoms with Gasteiger partial charge in [-0.3, -0.25) is 5.43 Å². The number of nitrogens with one attached hydrogen (secondary N) is 1. The summed E-state index contributed by atoms with van der Waals surface area (Å²) >= 11 is 0. The number of rotatable bonds is 1. The van der Waals surface area contributed by atoms with Crippen molar-refractivity contribution in [2.45, 2.75) is 18.1 Å². The van der Waals surface area contributed by atoms with Crippen LogP contribution in [0.25, 0.3) is 0 Å². The molecular weight excluding hydrogens is 281 g/mol. The summed E-state index contributed by atoms with van der Waals surface area (Å²) in [7, 11) is -3.75. The molecule has 104 valence electrons. The van der Waals surface area contributed by atoms with E-state index in [-0.39, 0.29) is 5.56 Å². The number of hydrogen-bond donors (Lipinski definition) is 1. The van der Waals surface area contributed by atoms with Crippen molar-refractivity contribution in [1.82, 2.24) is 5.43 Å². The monoisotopic (exact) mass is 292 g/mol. The third-order valence-corrected chi connectivity index (χ3v) is 4.06. The Bertz CT molecular complexity index is 611. The Labute approximate surface area is 108 Å². The number of hydrogen-bond acceptors (Lipinski definition) is 4. The van der Waals surface area contributed by atoms with Crippen LogP contribution in [0, 0.1) is 0 Å². The van der Waals surface area contributed by atoms with Gasteiger partial charge in [0.25, 0.3) is 0 Å². The smallest absolute Gasteiger partial charge is 0.289 e. The van der Waals surface area contributed by atoms with Crippen LogP contribution in [0.2, 0.25) is 0 Å². The van der Waals surface area contributed by atoms with Crippen molar-refractivity contribution in [3.8, 4) is 0 Å². The zero-order valence-corrected chi connectivity index (χ0v) is 10.7. The highest BCUT2D eigenvalue weighted by Gasteiger charge is 2.60. The van der Waals surface area contributed by atoms with E-state index in [1.807, 2.05) is 5.43 Å². The first-order valence-corrected chi connectivity index (χ1v) is 7.22. The van der Waals surface area contributed by atoms with Gasteiger partial charge in [-0.25, -0.2) is 8.42 Å². The van der Waals surface area contributed by atoms with Gasteiger partial charge in [-0.05, 0) is 5.56 Å². The Morgan fingerprint density at radius 3 is 2.26 bits per heavy atom. The lowest BCUT2D eigenvalue weighted by Crippen LogP contribution is -2.50. The van der Waals surface area contributed by atoms with Crippen LogP contribution in [0.15, 0.2) is 35.4 Å². The molecule has 0 saturated heterocycles. The van der Waals surface area contributed by atoms with Crippen LogP contribution in [-0.4, -0.2) is 25.9 Å². The van der Waals surface area contributed by atoms with E-state index in [0.717, 1.165) is 6.26 Å². The summed E-state index contributed by atoms with van der Waals surface area (Å²) in [5.41, 5.74) is -0.578. The summed E-state index contributed by atoms with van der Waals surface area (Å²) in [5.74, 6) is 0. The fourth-order valence-electron chi connectivity index (χ4n) is 1.89. The lowest BCUT2D eigenvalue weighted by Gasteiger charge is -2.31. The zero-order valence-electron chi connectivity index (χ0n) is 9.90. The average molecular weight is 292 g/mol. The SMILES string of the molecule is CS(=O)(=O)C1=NNC(c2ccccc2)(C(F)(F)F)C1. The Morgan fingerprint density at radius 1 is 1.26 bits per heavy atom. The molecule has 1 N–H and O–H groups in total. The van der Waals surface area contributed by atoms with Gasteiger partial charge in [0.1, 0.15) is 0 Å². The van der Waals surface area contributed by atoms with Gasteiger partial charge < -0.3 is 0 Å². The van der Waals surface area contributed by atoms with Gasteiger partial charge in [-0.15, -0.1) is 0 Å². The first-order chi connectivity index (χ1) is 8.67. The number of nitrogens with zero attached hydrogens (tertiary/aromatic N) is 1. The van der Waals surface area contributed by atoms with Crippen molar-refractivity contribution < 1.29 is 21.6 Å². The summed E-state index contributed by atoms with van der Waals surface area (Å²) in [6, 6.07) is 7.09. The highest BCUT2D eigenvalue weighted by atomic mass is 32.2. The summed E-state index contributed by atoms with van der Waals surface area (Å²) < 4.78 is 62.7. The van der Waals surface area contributed by atoms with Crippen molar-refractivity contribution in [3.63, 3.8) is 0 Å².